The highest BCUT2D eigenvalue weighted by Gasteiger charge is 2.29. The predicted octanol–water partition coefficient (Wildman–Crippen LogP) is 3.41. The van der Waals surface area contributed by atoms with E-state index in [0.717, 1.165) is 23.6 Å². The second-order valence-corrected chi connectivity index (χ2v) is 5.86. The van der Waals surface area contributed by atoms with Crippen molar-refractivity contribution < 1.29 is 4.74 Å². The molecule has 0 aliphatic carbocycles. The summed E-state index contributed by atoms with van der Waals surface area (Å²) in [5.41, 5.74) is 7.89. The molecule has 1 aromatic carbocycles. The average molecular weight is 301 g/mol. The molecule has 0 saturated carbocycles. The summed E-state index contributed by atoms with van der Waals surface area (Å²) in [4.78, 5) is 1.32. The summed E-state index contributed by atoms with van der Waals surface area (Å²) in [6.45, 7) is 3.17. The van der Waals surface area contributed by atoms with E-state index in [9.17, 15) is 0 Å². The Hall–Kier alpha value is -1.85. The Bertz CT molecular complexity index is 607. The van der Waals surface area contributed by atoms with Crippen LogP contribution in [0.25, 0.3) is 0 Å². The highest BCUT2D eigenvalue weighted by molar-refractivity contribution is 7.10. The molecule has 0 saturated heterocycles. The van der Waals surface area contributed by atoms with Gasteiger partial charge in [0.15, 0.2) is 0 Å². The molecular formula is C16H19N3OS. The highest BCUT2D eigenvalue weighted by atomic mass is 32.1. The van der Waals surface area contributed by atoms with Crippen molar-refractivity contribution in [2.45, 2.75) is 19.4 Å². The lowest BCUT2D eigenvalue weighted by molar-refractivity contribution is 0.340. The number of nitrogens with two attached hydrogens (primary N) is 1. The lowest BCUT2D eigenvalue weighted by Crippen LogP contribution is -2.17. The zero-order valence-corrected chi connectivity index (χ0v) is 12.8. The Labute approximate surface area is 128 Å². The minimum Gasteiger partial charge on any atom is -0.494 e. The van der Waals surface area contributed by atoms with Gasteiger partial charge in [0.1, 0.15) is 5.75 Å². The van der Waals surface area contributed by atoms with Crippen LogP contribution < -0.4 is 15.5 Å². The van der Waals surface area contributed by atoms with Crippen LogP contribution in [0.3, 0.4) is 0 Å². The van der Waals surface area contributed by atoms with Gasteiger partial charge in [0.25, 0.3) is 0 Å². The normalized spacial score (nSPS) is 17.9. The summed E-state index contributed by atoms with van der Waals surface area (Å²) in [6.07, 6.45) is 0.893. The molecule has 2 heterocycles. The van der Waals surface area contributed by atoms with Crippen LogP contribution >= 0.6 is 11.3 Å². The molecule has 2 N–H and O–H groups in total. The monoisotopic (exact) mass is 301 g/mol. The fourth-order valence-electron chi connectivity index (χ4n) is 2.50. The maximum Gasteiger partial charge on any atom is 0.119 e. The zero-order valence-electron chi connectivity index (χ0n) is 12.0. The van der Waals surface area contributed by atoms with Gasteiger partial charge in [0.05, 0.1) is 24.0 Å². The minimum absolute atomic E-state index is 0.251. The van der Waals surface area contributed by atoms with E-state index in [2.05, 4.69) is 39.8 Å². The molecule has 1 aliphatic heterocycles. The molecule has 1 aliphatic rings. The number of anilines is 1. The Balaban J connectivity index is 1.87. The number of nitrogens with zero attached hydrogens (tertiary/aromatic N) is 2. The van der Waals surface area contributed by atoms with Crippen molar-refractivity contribution in [1.82, 2.24) is 0 Å². The summed E-state index contributed by atoms with van der Waals surface area (Å²) in [7, 11) is 0. The Kier molecular flexibility index (Phi) is 4.22. The Morgan fingerprint density at radius 1 is 1.33 bits per heavy atom. The van der Waals surface area contributed by atoms with Crippen molar-refractivity contribution in [3.63, 3.8) is 0 Å². The highest BCUT2D eigenvalue weighted by Crippen LogP contribution is 2.37. The van der Waals surface area contributed by atoms with Gasteiger partial charge < -0.3 is 10.5 Å². The first-order valence-corrected chi connectivity index (χ1v) is 8.01. The van der Waals surface area contributed by atoms with Crippen LogP contribution in [0.4, 0.5) is 5.69 Å². The topological polar surface area (TPSA) is 50.8 Å². The van der Waals surface area contributed by atoms with Gasteiger partial charge in [-0.15, -0.1) is 11.3 Å². The van der Waals surface area contributed by atoms with Gasteiger partial charge in [-0.2, -0.15) is 5.10 Å². The van der Waals surface area contributed by atoms with Gasteiger partial charge in [-0.05, 0) is 42.6 Å². The Morgan fingerprint density at radius 3 is 2.76 bits per heavy atom. The third-order valence-corrected chi connectivity index (χ3v) is 4.47. The molecule has 3 rings (SSSR count). The van der Waals surface area contributed by atoms with Crippen LogP contribution in [0.2, 0.25) is 0 Å². The molecule has 0 bridgehead atoms. The molecule has 21 heavy (non-hydrogen) atoms. The van der Waals surface area contributed by atoms with E-state index in [4.69, 9.17) is 10.5 Å². The van der Waals surface area contributed by atoms with Gasteiger partial charge in [0.2, 0.25) is 0 Å². The fraction of sp³-hybridized carbons (Fsp3) is 0.312. The lowest BCUT2D eigenvalue weighted by Gasteiger charge is -2.23. The summed E-state index contributed by atoms with van der Waals surface area (Å²) in [5.74, 6) is 0.885. The van der Waals surface area contributed by atoms with E-state index >= 15 is 0 Å². The maximum absolute atomic E-state index is 5.78. The number of thiophene rings is 1. The Morgan fingerprint density at radius 2 is 2.14 bits per heavy atom. The second kappa shape index (κ2) is 6.28. The van der Waals surface area contributed by atoms with Crippen LogP contribution in [0, 0.1) is 0 Å². The van der Waals surface area contributed by atoms with Crippen molar-refractivity contribution in [3.05, 3.63) is 46.7 Å². The van der Waals surface area contributed by atoms with Gasteiger partial charge in [-0.1, -0.05) is 6.07 Å². The summed E-state index contributed by atoms with van der Waals surface area (Å²) in [5, 5.41) is 8.86. The SMILES string of the molecule is CCOc1ccc(N2N=C(CN)CC2c2cccs2)cc1. The van der Waals surface area contributed by atoms with Crippen molar-refractivity contribution in [2.24, 2.45) is 10.8 Å². The number of ether oxygens (including phenoxy) is 1. The minimum atomic E-state index is 0.251. The first-order chi connectivity index (χ1) is 10.3. The second-order valence-electron chi connectivity index (χ2n) is 4.88. The van der Waals surface area contributed by atoms with Crippen LogP contribution in [-0.2, 0) is 0 Å². The van der Waals surface area contributed by atoms with E-state index in [1.807, 2.05) is 19.1 Å². The van der Waals surface area contributed by atoms with Crippen molar-refractivity contribution in [1.29, 1.82) is 0 Å². The van der Waals surface area contributed by atoms with E-state index < -0.39 is 0 Å². The van der Waals surface area contributed by atoms with Crippen LogP contribution in [-0.4, -0.2) is 18.9 Å². The van der Waals surface area contributed by atoms with Crippen LogP contribution in [0.1, 0.15) is 24.3 Å². The van der Waals surface area contributed by atoms with E-state index in [1.54, 1.807) is 11.3 Å². The third-order valence-electron chi connectivity index (χ3n) is 3.49. The smallest absolute Gasteiger partial charge is 0.119 e. The maximum atomic E-state index is 5.78. The summed E-state index contributed by atoms with van der Waals surface area (Å²) in [6, 6.07) is 12.6. The number of hydrogen-bond acceptors (Lipinski definition) is 5. The molecular weight excluding hydrogens is 282 g/mol. The quantitative estimate of drug-likeness (QED) is 0.920. The number of hydrogen-bond donors (Lipinski definition) is 1. The molecule has 0 fully saturated rings. The van der Waals surface area contributed by atoms with Gasteiger partial charge in [-0.25, -0.2) is 0 Å². The van der Waals surface area contributed by atoms with Crippen LogP contribution in [0.15, 0.2) is 46.9 Å². The molecule has 1 aromatic heterocycles. The summed E-state index contributed by atoms with van der Waals surface area (Å²) < 4.78 is 5.49. The van der Waals surface area contributed by atoms with E-state index in [0.29, 0.717) is 13.2 Å². The fourth-order valence-corrected chi connectivity index (χ4v) is 3.31. The van der Waals surface area contributed by atoms with Crippen molar-refractivity contribution in [3.8, 4) is 5.75 Å². The number of rotatable bonds is 5. The van der Waals surface area contributed by atoms with Crippen molar-refractivity contribution >= 4 is 22.7 Å². The average Bonchev–Trinajstić information content (AvgIpc) is 3.17. The molecule has 4 nitrogen and oxygen atoms in total. The molecule has 0 amide bonds. The van der Waals surface area contributed by atoms with Crippen molar-refractivity contribution in [2.75, 3.05) is 18.2 Å². The van der Waals surface area contributed by atoms with Crippen LogP contribution in [0.5, 0.6) is 5.75 Å². The first kappa shape index (κ1) is 14.1. The standard InChI is InChI=1S/C16H19N3OS/c1-2-20-14-7-5-13(6-8-14)19-15(10-12(11-17)18-19)16-4-3-9-21-16/h3-9,15H,2,10-11,17H2,1H3. The summed E-state index contributed by atoms with van der Waals surface area (Å²) >= 11 is 1.76. The predicted molar refractivity (Wildman–Crippen MR) is 88.3 cm³/mol. The molecule has 110 valence electrons. The molecule has 0 spiro atoms. The molecule has 5 heteroatoms. The third kappa shape index (κ3) is 2.94. The van der Waals surface area contributed by atoms with Gasteiger partial charge >= 0.3 is 0 Å². The molecule has 0 radical (unpaired) electrons. The molecule has 1 atom stereocenters. The molecule has 2 aromatic rings. The zero-order chi connectivity index (χ0) is 14.7. The largest absolute Gasteiger partial charge is 0.494 e. The number of hydrazone groups is 1. The molecule has 1 unspecified atom stereocenters. The van der Waals surface area contributed by atoms with E-state index in [1.165, 1.54) is 4.88 Å². The number of benzene rings is 1. The van der Waals surface area contributed by atoms with Gasteiger partial charge in [0, 0.05) is 17.8 Å². The lowest BCUT2D eigenvalue weighted by atomic mass is 10.1. The van der Waals surface area contributed by atoms with Gasteiger partial charge in [-0.3, -0.25) is 5.01 Å². The first-order valence-electron chi connectivity index (χ1n) is 7.13. The van der Waals surface area contributed by atoms with E-state index in [-0.39, 0.29) is 6.04 Å².